The minimum Gasteiger partial charge on any atom is -0.299 e. The molecule has 1 saturated heterocycles. The number of benzene rings is 2. The minimum atomic E-state index is 0.614. The molecule has 0 aliphatic carbocycles. The van der Waals surface area contributed by atoms with Gasteiger partial charge in [0.05, 0.1) is 15.2 Å². The van der Waals surface area contributed by atoms with Crippen LogP contribution in [0.25, 0.3) is 10.2 Å². The highest BCUT2D eigenvalue weighted by Gasteiger charge is 2.23. The van der Waals surface area contributed by atoms with E-state index in [1.165, 1.54) is 28.1 Å². The quantitative estimate of drug-likeness (QED) is 0.639. The van der Waals surface area contributed by atoms with Gasteiger partial charge in [0.1, 0.15) is 0 Å². The molecule has 0 atom stereocenters. The molecule has 23 heavy (non-hydrogen) atoms. The zero-order valence-electron chi connectivity index (χ0n) is 12.9. The summed E-state index contributed by atoms with van der Waals surface area (Å²) >= 11 is 7.94. The highest BCUT2D eigenvalue weighted by Crippen LogP contribution is 2.34. The number of likely N-dealkylation sites (tertiary alicyclic amines) is 1. The number of hydrogen-bond donors (Lipinski definition) is 0. The van der Waals surface area contributed by atoms with Gasteiger partial charge in [-0.25, -0.2) is 4.98 Å². The number of halogens is 1. The molecule has 2 aromatic carbocycles. The average Bonchev–Trinajstić information content (AvgIpc) is 2.99. The van der Waals surface area contributed by atoms with Crippen molar-refractivity contribution in [2.24, 2.45) is 0 Å². The monoisotopic (exact) mass is 342 g/mol. The summed E-state index contributed by atoms with van der Waals surface area (Å²) in [5.74, 6) is 0.614. The number of piperidine rings is 1. The molecule has 4 rings (SSSR count). The molecule has 1 aliphatic heterocycles. The molecule has 1 fully saturated rings. The van der Waals surface area contributed by atoms with Gasteiger partial charge in [0, 0.05) is 17.5 Å². The summed E-state index contributed by atoms with van der Waals surface area (Å²) in [6, 6.07) is 16.6. The summed E-state index contributed by atoms with van der Waals surface area (Å²) in [6.45, 7) is 3.26. The lowest BCUT2D eigenvalue weighted by Gasteiger charge is -2.31. The van der Waals surface area contributed by atoms with Gasteiger partial charge in [-0.3, -0.25) is 4.90 Å². The summed E-state index contributed by atoms with van der Waals surface area (Å²) in [5, 5.41) is 2.14. The lowest BCUT2D eigenvalue weighted by molar-refractivity contribution is 0.204. The van der Waals surface area contributed by atoms with Crippen LogP contribution < -0.4 is 0 Å². The van der Waals surface area contributed by atoms with Crippen molar-refractivity contribution >= 4 is 33.2 Å². The molecule has 2 heterocycles. The highest BCUT2D eigenvalue weighted by atomic mass is 35.5. The fourth-order valence-corrected chi connectivity index (χ4v) is 4.65. The normalized spacial score (nSPS) is 16.9. The summed E-state index contributed by atoms with van der Waals surface area (Å²) in [6.07, 6.45) is 2.39. The Labute approximate surface area is 145 Å². The second-order valence-corrected chi connectivity index (χ2v) is 7.70. The summed E-state index contributed by atoms with van der Waals surface area (Å²) in [7, 11) is 0. The Bertz CT molecular complexity index is 773. The van der Waals surface area contributed by atoms with Gasteiger partial charge < -0.3 is 0 Å². The van der Waals surface area contributed by atoms with Crippen molar-refractivity contribution in [2.45, 2.75) is 25.3 Å². The van der Waals surface area contributed by atoms with E-state index in [2.05, 4.69) is 41.3 Å². The molecule has 1 aliphatic rings. The Balaban J connectivity index is 1.40. The fourth-order valence-electron chi connectivity index (χ4n) is 3.30. The van der Waals surface area contributed by atoms with Crippen molar-refractivity contribution in [3.05, 3.63) is 64.1 Å². The molecule has 0 spiro atoms. The molecule has 4 heteroatoms. The molecule has 0 unspecified atom stereocenters. The highest BCUT2D eigenvalue weighted by molar-refractivity contribution is 7.18. The Morgan fingerprint density at radius 3 is 2.70 bits per heavy atom. The van der Waals surface area contributed by atoms with Gasteiger partial charge in [-0.15, -0.1) is 11.3 Å². The van der Waals surface area contributed by atoms with E-state index < -0.39 is 0 Å². The van der Waals surface area contributed by atoms with Crippen molar-refractivity contribution in [1.82, 2.24) is 9.88 Å². The number of thiazole rings is 1. The predicted octanol–water partition coefficient (Wildman–Crippen LogP) is 5.33. The van der Waals surface area contributed by atoms with Crippen LogP contribution in [0.3, 0.4) is 0 Å². The minimum absolute atomic E-state index is 0.614. The van der Waals surface area contributed by atoms with Gasteiger partial charge in [-0.2, -0.15) is 0 Å². The fraction of sp³-hybridized carbons (Fsp3) is 0.316. The zero-order chi connectivity index (χ0) is 15.6. The third-order valence-electron chi connectivity index (χ3n) is 4.54. The van der Waals surface area contributed by atoms with Crippen LogP contribution in [0, 0.1) is 0 Å². The number of rotatable bonds is 3. The first-order valence-electron chi connectivity index (χ1n) is 8.10. The van der Waals surface area contributed by atoms with E-state index in [4.69, 9.17) is 16.6 Å². The number of hydrogen-bond acceptors (Lipinski definition) is 3. The predicted molar refractivity (Wildman–Crippen MR) is 98.3 cm³/mol. The van der Waals surface area contributed by atoms with Gasteiger partial charge in [-0.1, -0.05) is 35.9 Å². The second-order valence-electron chi connectivity index (χ2n) is 6.20. The van der Waals surface area contributed by atoms with E-state index in [1.54, 1.807) is 0 Å². The lowest BCUT2D eigenvalue weighted by Crippen LogP contribution is -2.32. The maximum Gasteiger partial charge on any atom is 0.0970 e. The van der Waals surface area contributed by atoms with Crippen molar-refractivity contribution in [1.29, 1.82) is 0 Å². The Kier molecular flexibility index (Phi) is 4.34. The molecule has 118 valence electrons. The molecule has 2 nitrogen and oxygen atoms in total. The van der Waals surface area contributed by atoms with E-state index in [-0.39, 0.29) is 0 Å². The van der Waals surface area contributed by atoms with Crippen LogP contribution in [0.4, 0.5) is 0 Å². The molecular weight excluding hydrogens is 324 g/mol. The van der Waals surface area contributed by atoms with Crippen LogP contribution in [0.1, 0.15) is 29.3 Å². The van der Waals surface area contributed by atoms with Crippen LogP contribution in [0.2, 0.25) is 5.02 Å². The second kappa shape index (κ2) is 6.60. The number of nitrogens with zero attached hydrogens (tertiary/aromatic N) is 2. The molecular formula is C19H19ClN2S. The van der Waals surface area contributed by atoms with Gasteiger partial charge >= 0.3 is 0 Å². The van der Waals surface area contributed by atoms with Gasteiger partial charge in [0.15, 0.2) is 0 Å². The first-order chi connectivity index (χ1) is 11.3. The average molecular weight is 343 g/mol. The van der Waals surface area contributed by atoms with E-state index in [0.29, 0.717) is 5.92 Å². The van der Waals surface area contributed by atoms with E-state index in [0.717, 1.165) is 30.2 Å². The lowest BCUT2D eigenvalue weighted by atomic mass is 9.97. The Morgan fingerprint density at radius 1 is 1.09 bits per heavy atom. The van der Waals surface area contributed by atoms with Gasteiger partial charge in [0.2, 0.25) is 0 Å². The maximum absolute atomic E-state index is 6.08. The van der Waals surface area contributed by atoms with Gasteiger partial charge in [-0.05, 0) is 55.8 Å². The molecule has 0 N–H and O–H groups in total. The third-order valence-corrected chi connectivity index (χ3v) is 5.98. The molecule has 0 bridgehead atoms. The van der Waals surface area contributed by atoms with Crippen LogP contribution in [-0.4, -0.2) is 23.0 Å². The SMILES string of the molecule is Clc1cccc(CN2CCC(c3nc4ccccc4s3)CC2)c1. The van der Waals surface area contributed by atoms with Crippen molar-refractivity contribution in [2.75, 3.05) is 13.1 Å². The third kappa shape index (κ3) is 3.42. The van der Waals surface area contributed by atoms with Gasteiger partial charge in [0.25, 0.3) is 0 Å². The van der Waals surface area contributed by atoms with E-state index >= 15 is 0 Å². The number of fused-ring (bicyclic) bond motifs is 1. The van der Waals surface area contributed by atoms with Crippen molar-refractivity contribution in [3.8, 4) is 0 Å². The van der Waals surface area contributed by atoms with Crippen molar-refractivity contribution < 1.29 is 0 Å². The maximum atomic E-state index is 6.08. The van der Waals surface area contributed by atoms with Crippen LogP contribution in [-0.2, 0) is 6.54 Å². The van der Waals surface area contributed by atoms with Crippen LogP contribution in [0.15, 0.2) is 48.5 Å². The first-order valence-corrected chi connectivity index (χ1v) is 9.30. The molecule has 0 saturated carbocycles. The topological polar surface area (TPSA) is 16.1 Å². The smallest absolute Gasteiger partial charge is 0.0970 e. The summed E-state index contributed by atoms with van der Waals surface area (Å²) in [4.78, 5) is 7.36. The first kappa shape index (κ1) is 15.1. The molecule has 0 amide bonds. The zero-order valence-corrected chi connectivity index (χ0v) is 14.5. The Hall–Kier alpha value is -1.42. The molecule has 3 aromatic rings. The van der Waals surface area contributed by atoms with E-state index in [9.17, 15) is 0 Å². The summed E-state index contributed by atoms with van der Waals surface area (Å²) < 4.78 is 1.31. The van der Waals surface area contributed by atoms with Crippen LogP contribution >= 0.6 is 22.9 Å². The van der Waals surface area contributed by atoms with Crippen molar-refractivity contribution in [3.63, 3.8) is 0 Å². The number of aromatic nitrogens is 1. The summed E-state index contributed by atoms with van der Waals surface area (Å²) in [5.41, 5.74) is 2.45. The largest absolute Gasteiger partial charge is 0.299 e. The standard InChI is InChI=1S/C19H19ClN2S/c20-16-5-3-4-14(12-16)13-22-10-8-15(9-11-22)19-21-17-6-1-2-7-18(17)23-19/h1-7,12,15H,8-11,13H2. The molecule has 0 radical (unpaired) electrons. The van der Waals surface area contributed by atoms with Crippen LogP contribution in [0.5, 0.6) is 0 Å². The van der Waals surface area contributed by atoms with E-state index in [1.807, 2.05) is 23.5 Å². The Morgan fingerprint density at radius 2 is 1.91 bits per heavy atom. The number of para-hydroxylation sites is 1. The molecule has 1 aromatic heterocycles.